The van der Waals surface area contributed by atoms with E-state index in [0.29, 0.717) is 29.8 Å². The molecule has 0 aromatic heterocycles. The predicted molar refractivity (Wildman–Crippen MR) is 108 cm³/mol. The number of hydrogen-bond acceptors (Lipinski definition) is 3. The molecule has 3 aromatic rings. The normalized spacial score (nSPS) is 12.2. The van der Waals surface area contributed by atoms with Crippen LogP contribution in [-0.2, 0) is 13.0 Å². The third-order valence-electron chi connectivity index (χ3n) is 4.92. The summed E-state index contributed by atoms with van der Waals surface area (Å²) in [7, 11) is 1.65. The summed E-state index contributed by atoms with van der Waals surface area (Å²) in [5, 5.41) is 5.75. The Bertz CT molecular complexity index is 1040. The maximum absolute atomic E-state index is 12.5. The predicted octanol–water partition coefficient (Wildman–Crippen LogP) is 3.78. The van der Waals surface area contributed by atoms with Crippen LogP contribution in [0.4, 0.5) is 5.69 Å². The van der Waals surface area contributed by atoms with Gasteiger partial charge in [0, 0.05) is 18.5 Å². The average molecular weight is 372 g/mol. The lowest BCUT2D eigenvalue weighted by Gasteiger charge is -2.14. The van der Waals surface area contributed by atoms with Gasteiger partial charge in [-0.25, -0.2) is 0 Å². The highest BCUT2D eigenvalue weighted by atomic mass is 16.5. The van der Waals surface area contributed by atoms with E-state index in [1.807, 2.05) is 48.5 Å². The van der Waals surface area contributed by atoms with E-state index >= 15 is 0 Å². The van der Waals surface area contributed by atoms with Crippen molar-refractivity contribution in [3.8, 4) is 5.75 Å². The highest BCUT2D eigenvalue weighted by molar-refractivity contribution is 6.10. The lowest BCUT2D eigenvalue weighted by Crippen LogP contribution is -2.17. The number of ether oxygens (including phenoxy) is 1. The maximum atomic E-state index is 12.5. The van der Waals surface area contributed by atoms with E-state index in [1.165, 1.54) is 0 Å². The first-order chi connectivity index (χ1) is 13.7. The van der Waals surface area contributed by atoms with Crippen molar-refractivity contribution in [2.75, 3.05) is 12.4 Å². The number of carbonyl (C=O) groups excluding carboxylic acids is 2. The van der Waals surface area contributed by atoms with Crippen molar-refractivity contribution >= 4 is 17.5 Å². The molecule has 0 spiro atoms. The SMILES string of the molecule is COc1ccccc1Cc1ccc(NC(=O)c2ccccc2)c2c1CNC2=O. The monoisotopic (exact) mass is 372 g/mol. The molecule has 0 atom stereocenters. The minimum Gasteiger partial charge on any atom is -0.496 e. The van der Waals surface area contributed by atoms with Crippen LogP contribution in [0.5, 0.6) is 5.75 Å². The van der Waals surface area contributed by atoms with Crippen LogP contribution in [0.2, 0.25) is 0 Å². The second-order valence-electron chi connectivity index (χ2n) is 6.62. The van der Waals surface area contributed by atoms with Crippen molar-refractivity contribution in [3.63, 3.8) is 0 Å². The molecule has 140 valence electrons. The molecule has 3 aromatic carbocycles. The zero-order valence-corrected chi connectivity index (χ0v) is 15.5. The summed E-state index contributed by atoms with van der Waals surface area (Å²) < 4.78 is 5.44. The molecule has 0 saturated carbocycles. The van der Waals surface area contributed by atoms with E-state index in [2.05, 4.69) is 10.6 Å². The highest BCUT2D eigenvalue weighted by Crippen LogP contribution is 2.31. The third-order valence-corrected chi connectivity index (χ3v) is 4.92. The molecule has 5 nitrogen and oxygen atoms in total. The van der Waals surface area contributed by atoms with Crippen molar-refractivity contribution in [3.05, 3.63) is 94.5 Å². The molecule has 28 heavy (non-hydrogen) atoms. The Balaban J connectivity index is 1.67. The fourth-order valence-corrected chi connectivity index (χ4v) is 3.52. The van der Waals surface area contributed by atoms with Gasteiger partial charge in [-0.15, -0.1) is 0 Å². The number of para-hydroxylation sites is 1. The summed E-state index contributed by atoms with van der Waals surface area (Å²) in [5.74, 6) is 0.412. The molecule has 5 heteroatoms. The van der Waals surface area contributed by atoms with Crippen LogP contribution in [-0.4, -0.2) is 18.9 Å². The molecule has 2 amide bonds. The Labute approximate surface area is 163 Å². The van der Waals surface area contributed by atoms with E-state index < -0.39 is 0 Å². The second kappa shape index (κ2) is 7.56. The lowest BCUT2D eigenvalue weighted by molar-refractivity contribution is 0.0966. The molecular weight excluding hydrogens is 352 g/mol. The first-order valence-electron chi connectivity index (χ1n) is 9.08. The van der Waals surface area contributed by atoms with Gasteiger partial charge in [-0.2, -0.15) is 0 Å². The van der Waals surface area contributed by atoms with Gasteiger partial charge in [-0.05, 0) is 41.0 Å². The second-order valence-corrected chi connectivity index (χ2v) is 6.62. The van der Waals surface area contributed by atoms with Gasteiger partial charge >= 0.3 is 0 Å². The quantitative estimate of drug-likeness (QED) is 0.716. The van der Waals surface area contributed by atoms with E-state index in [9.17, 15) is 9.59 Å². The molecule has 2 N–H and O–H groups in total. The van der Waals surface area contributed by atoms with Crippen LogP contribution in [0, 0.1) is 0 Å². The number of anilines is 1. The van der Waals surface area contributed by atoms with Crippen LogP contribution in [0.3, 0.4) is 0 Å². The number of amides is 2. The minimum atomic E-state index is -0.236. The minimum absolute atomic E-state index is 0.166. The number of rotatable bonds is 5. The largest absolute Gasteiger partial charge is 0.496 e. The third kappa shape index (κ3) is 3.34. The summed E-state index contributed by atoms with van der Waals surface area (Å²) in [6.45, 7) is 0.452. The standard InChI is InChI=1S/C23H20N2O3/c1-28-20-10-6-5-9-17(20)13-16-11-12-19(21-18(16)14-24-23(21)27)25-22(26)15-7-3-2-4-8-15/h2-12H,13-14H2,1H3,(H,24,27)(H,25,26). The summed E-state index contributed by atoms with van der Waals surface area (Å²) in [4.78, 5) is 25.0. The number of carbonyl (C=O) groups is 2. The van der Waals surface area contributed by atoms with Crippen molar-refractivity contribution in [1.29, 1.82) is 0 Å². The van der Waals surface area contributed by atoms with Crippen LogP contribution in [0.25, 0.3) is 0 Å². The Morgan fingerprint density at radius 2 is 1.75 bits per heavy atom. The molecule has 0 aliphatic carbocycles. The van der Waals surface area contributed by atoms with E-state index in [-0.39, 0.29) is 11.8 Å². The zero-order valence-electron chi connectivity index (χ0n) is 15.5. The molecule has 0 unspecified atom stereocenters. The number of benzene rings is 3. The van der Waals surface area contributed by atoms with E-state index in [1.54, 1.807) is 25.3 Å². The van der Waals surface area contributed by atoms with Gasteiger partial charge in [0.15, 0.2) is 0 Å². The average Bonchev–Trinajstić information content (AvgIpc) is 3.13. The van der Waals surface area contributed by atoms with Gasteiger partial charge < -0.3 is 15.4 Å². The molecule has 0 saturated heterocycles. The molecule has 0 bridgehead atoms. The van der Waals surface area contributed by atoms with Crippen molar-refractivity contribution in [2.24, 2.45) is 0 Å². The lowest BCUT2D eigenvalue weighted by atomic mass is 9.95. The summed E-state index contributed by atoms with van der Waals surface area (Å²) >= 11 is 0. The Morgan fingerprint density at radius 3 is 2.54 bits per heavy atom. The Morgan fingerprint density at radius 1 is 1.00 bits per heavy atom. The van der Waals surface area contributed by atoms with Gasteiger partial charge in [0.1, 0.15) is 5.75 Å². The number of nitrogens with one attached hydrogen (secondary N) is 2. The molecule has 4 rings (SSSR count). The Hall–Kier alpha value is -3.60. The molecule has 0 radical (unpaired) electrons. The van der Waals surface area contributed by atoms with Crippen LogP contribution < -0.4 is 15.4 Å². The topological polar surface area (TPSA) is 67.4 Å². The molecular formula is C23H20N2O3. The summed E-state index contributed by atoms with van der Waals surface area (Å²) in [6.07, 6.45) is 0.647. The van der Waals surface area contributed by atoms with Gasteiger partial charge in [0.2, 0.25) is 0 Å². The summed E-state index contributed by atoms with van der Waals surface area (Å²) in [6, 6.07) is 20.6. The van der Waals surface area contributed by atoms with Crippen LogP contribution in [0.1, 0.15) is 37.4 Å². The van der Waals surface area contributed by atoms with E-state index in [4.69, 9.17) is 4.74 Å². The van der Waals surface area contributed by atoms with Gasteiger partial charge in [0.05, 0.1) is 18.4 Å². The van der Waals surface area contributed by atoms with Crippen molar-refractivity contribution < 1.29 is 14.3 Å². The smallest absolute Gasteiger partial charge is 0.255 e. The van der Waals surface area contributed by atoms with Gasteiger partial charge in [0.25, 0.3) is 11.8 Å². The van der Waals surface area contributed by atoms with Gasteiger partial charge in [-0.1, -0.05) is 42.5 Å². The van der Waals surface area contributed by atoms with Crippen LogP contribution >= 0.6 is 0 Å². The fourth-order valence-electron chi connectivity index (χ4n) is 3.52. The van der Waals surface area contributed by atoms with Crippen LogP contribution in [0.15, 0.2) is 66.7 Å². The van der Waals surface area contributed by atoms with Crippen molar-refractivity contribution in [1.82, 2.24) is 5.32 Å². The first kappa shape index (κ1) is 17.8. The highest BCUT2D eigenvalue weighted by Gasteiger charge is 2.26. The Kier molecular flexibility index (Phi) is 4.81. The van der Waals surface area contributed by atoms with E-state index in [0.717, 1.165) is 22.4 Å². The fraction of sp³-hybridized carbons (Fsp3) is 0.130. The summed E-state index contributed by atoms with van der Waals surface area (Å²) in [5.41, 5.74) is 4.62. The molecule has 1 aliphatic rings. The maximum Gasteiger partial charge on any atom is 0.255 e. The van der Waals surface area contributed by atoms with Gasteiger partial charge in [-0.3, -0.25) is 9.59 Å². The first-order valence-corrected chi connectivity index (χ1v) is 9.08. The molecule has 1 heterocycles. The number of methoxy groups -OCH3 is 1. The number of hydrogen-bond donors (Lipinski definition) is 2. The number of fused-ring (bicyclic) bond motifs is 1. The molecule has 1 aliphatic heterocycles. The zero-order chi connectivity index (χ0) is 19.5. The molecule has 0 fully saturated rings. The van der Waals surface area contributed by atoms with Crippen molar-refractivity contribution in [2.45, 2.75) is 13.0 Å².